The van der Waals surface area contributed by atoms with Gasteiger partial charge in [-0.15, -0.1) is 16.9 Å². The molecular formula is C22H24N4O5S2. The molecule has 1 fully saturated rings. The molecule has 0 bridgehead atoms. The maximum atomic E-state index is 13.0. The van der Waals surface area contributed by atoms with E-state index in [-0.39, 0.29) is 41.8 Å². The van der Waals surface area contributed by atoms with E-state index < -0.39 is 15.9 Å². The van der Waals surface area contributed by atoms with Crippen molar-refractivity contribution in [2.24, 2.45) is 0 Å². The smallest absolute Gasteiger partial charge is 0.322 e. The minimum absolute atomic E-state index is 0.0427. The number of benzene rings is 2. The Hall–Kier alpha value is -2.73. The number of rotatable bonds is 6. The molecule has 4 rings (SSSR count). The quantitative estimate of drug-likeness (QED) is 0.524. The third kappa shape index (κ3) is 5.11. The molecule has 2 atom stereocenters. The number of aromatic nitrogens is 2. The van der Waals surface area contributed by atoms with Crippen molar-refractivity contribution in [2.75, 3.05) is 24.7 Å². The van der Waals surface area contributed by atoms with Crippen molar-refractivity contribution in [3.05, 3.63) is 54.1 Å². The molecule has 0 radical (unpaired) electrons. The van der Waals surface area contributed by atoms with E-state index in [9.17, 15) is 13.2 Å². The maximum absolute atomic E-state index is 13.0. The predicted octanol–water partition coefficient (Wildman–Crippen LogP) is 3.51. The van der Waals surface area contributed by atoms with E-state index in [0.717, 1.165) is 10.5 Å². The van der Waals surface area contributed by atoms with Crippen molar-refractivity contribution in [3.8, 4) is 11.5 Å². The molecule has 0 aliphatic carbocycles. The number of thioether (sulfide) groups is 1. The molecule has 3 aromatic rings. The third-order valence-electron chi connectivity index (χ3n) is 5.12. The normalized spacial score (nSPS) is 19.4. The summed E-state index contributed by atoms with van der Waals surface area (Å²) in [4.78, 5) is 13.7. The lowest BCUT2D eigenvalue weighted by atomic mass is 10.2. The molecule has 2 heterocycles. The number of hydrogen-bond acceptors (Lipinski definition) is 8. The Morgan fingerprint density at radius 2 is 1.73 bits per heavy atom. The van der Waals surface area contributed by atoms with E-state index in [1.165, 1.54) is 28.6 Å². The van der Waals surface area contributed by atoms with Crippen molar-refractivity contribution >= 4 is 33.7 Å². The number of sulfonamides is 1. The van der Waals surface area contributed by atoms with Crippen LogP contribution in [0.1, 0.15) is 24.2 Å². The van der Waals surface area contributed by atoms with Crippen molar-refractivity contribution < 1.29 is 22.4 Å². The lowest BCUT2D eigenvalue weighted by Crippen LogP contribution is -2.48. The number of carbonyl (C=O) groups excluding carboxylic acids is 1. The Morgan fingerprint density at radius 3 is 2.39 bits per heavy atom. The molecule has 1 aromatic heterocycles. The van der Waals surface area contributed by atoms with Gasteiger partial charge in [0.25, 0.3) is 11.8 Å². The van der Waals surface area contributed by atoms with Gasteiger partial charge in [0.1, 0.15) is 0 Å². The van der Waals surface area contributed by atoms with Gasteiger partial charge >= 0.3 is 6.01 Å². The van der Waals surface area contributed by atoms with E-state index in [4.69, 9.17) is 9.15 Å². The molecule has 1 N–H and O–H groups in total. The molecule has 11 heteroatoms. The molecule has 33 heavy (non-hydrogen) atoms. The number of amides is 1. The number of morpholine rings is 1. The number of carbonyl (C=O) groups is 1. The van der Waals surface area contributed by atoms with E-state index in [1.54, 1.807) is 11.8 Å². The van der Waals surface area contributed by atoms with Crippen molar-refractivity contribution in [2.45, 2.75) is 35.8 Å². The van der Waals surface area contributed by atoms with E-state index >= 15 is 0 Å². The first-order valence-corrected chi connectivity index (χ1v) is 13.0. The molecule has 1 saturated heterocycles. The second-order valence-electron chi connectivity index (χ2n) is 7.67. The van der Waals surface area contributed by atoms with Crippen LogP contribution in [-0.4, -0.2) is 60.4 Å². The van der Waals surface area contributed by atoms with Crippen LogP contribution in [0.3, 0.4) is 0 Å². The van der Waals surface area contributed by atoms with Gasteiger partial charge in [0.2, 0.25) is 10.0 Å². The Bertz CT molecular complexity index is 1230. The van der Waals surface area contributed by atoms with Gasteiger partial charge in [0.05, 0.1) is 22.7 Å². The predicted molar refractivity (Wildman–Crippen MR) is 125 cm³/mol. The third-order valence-corrected chi connectivity index (χ3v) is 7.76. The highest BCUT2D eigenvalue weighted by atomic mass is 32.2. The zero-order valence-electron chi connectivity index (χ0n) is 18.4. The van der Waals surface area contributed by atoms with Crippen LogP contribution >= 0.6 is 11.8 Å². The fourth-order valence-corrected chi connectivity index (χ4v) is 5.81. The van der Waals surface area contributed by atoms with Crippen LogP contribution in [0.25, 0.3) is 11.5 Å². The van der Waals surface area contributed by atoms with Crippen LogP contribution in [0.5, 0.6) is 0 Å². The van der Waals surface area contributed by atoms with Gasteiger partial charge in [0, 0.05) is 23.5 Å². The Balaban J connectivity index is 1.47. The molecule has 0 saturated carbocycles. The van der Waals surface area contributed by atoms with Gasteiger partial charge in [-0.05, 0) is 56.5 Å². The van der Waals surface area contributed by atoms with Gasteiger partial charge in [-0.2, -0.15) is 4.31 Å². The first-order chi connectivity index (χ1) is 15.8. The maximum Gasteiger partial charge on any atom is 0.322 e. The van der Waals surface area contributed by atoms with Crippen LogP contribution in [0.15, 0.2) is 62.7 Å². The van der Waals surface area contributed by atoms with Crippen molar-refractivity contribution in [3.63, 3.8) is 0 Å². The van der Waals surface area contributed by atoms with E-state index in [2.05, 4.69) is 15.5 Å². The molecule has 2 unspecified atom stereocenters. The summed E-state index contributed by atoms with van der Waals surface area (Å²) in [7, 11) is -3.68. The van der Waals surface area contributed by atoms with Crippen LogP contribution in [0, 0.1) is 0 Å². The van der Waals surface area contributed by atoms with Gasteiger partial charge in [-0.1, -0.05) is 17.2 Å². The summed E-state index contributed by atoms with van der Waals surface area (Å²) in [6, 6.07) is 13.3. The SMILES string of the molecule is CSc1ccccc1-c1nnc(NC(=O)c2ccc(S(=O)(=O)N3CC(C)OC(C)C3)cc2)o1. The van der Waals surface area contributed by atoms with Crippen LogP contribution in [0.4, 0.5) is 6.01 Å². The standard InChI is InChI=1S/C22H24N4O5S2/c1-14-12-26(13-15(2)30-14)33(28,29)17-10-8-16(9-11-17)20(27)23-22-25-24-21(31-22)18-6-4-5-7-19(18)32-3/h4-11,14-15H,12-13H2,1-3H3,(H,23,25,27). The van der Waals surface area contributed by atoms with E-state index in [1.807, 2.05) is 44.4 Å². The first-order valence-electron chi connectivity index (χ1n) is 10.3. The molecule has 1 aliphatic heterocycles. The van der Waals surface area contributed by atoms with E-state index in [0.29, 0.717) is 5.89 Å². The zero-order chi connectivity index (χ0) is 23.6. The number of nitrogens with one attached hydrogen (secondary N) is 1. The molecule has 2 aromatic carbocycles. The summed E-state index contributed by atoms with van der Waals surface area (Å²) < 4.78 is 38.6. The summed E-state index contributed by atoms with van der Waals surface area (Å²) in [6.07, 6.45) is 1.58. The van der Waals surface area contributed by atoms with Gasteiger partial charge in [-0.25, -0.2) is 8.42 Å². The molecule has 174 valence electrons. The lowest BCUT2D eigenvalue weighted by molar-refractivity contribution is -0.0440. The number of nitrogens with zero attached hydrogens (tertiary/aromatic N) is 3. The first kappa shape index (κ1) is 23.4. The Morgan fingerprint density at radius 1 is 1.06 bits per heavy atom. The Labute approximate surface area is 196 Å². The molecule has 1 amide bonds. The number of hydrogen-bond donors (Lipinski definition) is 1. The van der Waals surface area contributed by atoms with Crippen LogP contribution in [-0.2, 0) is 14.8 Å². The van der Waals surface area contributed by atoms with Gasteiger partial charge < -0.3 is 9.15 Å². The fraction of sp³-hybridized carbons (Fsp3) is 0.318. The minimum atomic E-state index is -3.68. The number of ether oxygens (including phenoxy) is 1. The average molecular weight is 489 g/mol. The minimum Gasteiger partial charge on any atom is -0.403 e. The summed E-state index contributed by atoms with van der Waals surface area (Å²) in [6.45, 7) is 4.25. The monoisotopic (exact) mass is 488 g/mol. The van der Waals surface area contributed by atoms with Crippen LogP contribution in [0.2, 0.25) is 0 Å². The largest absolute Gasteiger partial charge is 0.403 e. The second kappa shape index (κ2) is 9.64. The molecule has 1 aliphatic rings. The summed E-state index contributed by atoms with van der Waals surface area (Å²) >= 11 is 1.55. The van der Waals surface area contributed by atoms with Crippen molar-refractivity contribution in [1.82, 2.24) is 14.5 Å². The summed E-state index contributed by atoms with van der Waals surface area (Å²) in [5.74, 6) is -0.188. The topological polar surface area (TPSA) is 115 Å². The highest BCUT2D eigenvalue weighted by molar-refractivity contribution is 7.98. The summed E-state index contributed by atoms with van der Waals surface area (Å²) in [5, 5.41) is 10.5. The lowest BCUT2D eigenvalue weighted by Gasteiger charge is -2.34. The highest BCUT2D eigenvalue weighted by Crippen LogP contribution is 2.30. The average Bonchev–Trinajstić information content (AvgIpc) is 3.26. The second-order valence-corrected chi connectivity index (χ2v) is 10.5. The molecule has 0 spiro atoms. The highest BCUT2D eigenvalue weighted by Gasteiger charge is 2.32. The van der Waals surface area contributed by atoms with Gasteiger partial charge in [-0.3, -0.25) is 10.1 Å². The fourth-order valence-electron chi connectivity index (χ4n) is 3.63. The molecular weight excluding hydrogens is 464 g/mol. The van der Waals surface area contributed by atoms with Crippen LogP contribution < -0.4 is 5.32 Å². The Kier molecular flexibility index (Phi) is 6.84. The molecule has 9 nitrogen and oxygen atoms in total. The van der Waals surface area contributed by atoms with Gasteiger partial charge in [0.15, 0.2) is 0 Å². The van der Waals surface area contributed by atoms with Crippen molar-refractivity contribution in [1.29, 1.82) is 0 Å². The zero-order valence-corrected chi connectivity index (χ0v) is 20.0. The number of anilines is 1. The summed E-state index contributed by atoms with van der Waals surface area (Å²) in [5.41, 5.74) is 1.04.